The van der Waals surface area contributed by atoms with E-state index in [1.54, 1.807) is 6.07 Å². The lowest BCUT2D eigenvalue weighted by molar-refractivity contribution is -0.176. The number of carboxylic acid groups (broad SMARTS) is 1. The molecule has 28 heavy (non-hydrogen) atoms. The molecule has 0 bridgehead atoms. The quantitative estimate of drug-likeness (QED) is 0.587. The van der Waals surface area contributed by atoms with Crippen LogP contribution in [0.2, 0.25) is 0 Å². The smallest absolute Gasteiger partial charge is 0.332 e. The predicted octanol–water partition coefficient (Wildman–Crippen LogP) is -0.258. The number of imide groups is 2. The third-order valence-corrected chi connectivity index (χ3v) is 5.08. The Balaban J connectivity index is 1.45. The van der Waals surface area contributed by atoms with Crippen LogP contribution >= 0.6 is 0 Å². The number of carboxylic acids is 1. The topological polar surface area (TPSA) is 142 Å². The average molecular weight is 387 g/mol. The number of fused-ring (bicyclic) bond motifs is 1. The standard InChI is InChI=1S/C18H17N3O7/c22-14-4-3-12(15(23)20-14)21-16(24)10-2-1-8(5-11(10)17(21)25)19-7-9-6-13(28-9)18(26)27/h1-2,5,9,12-13,19H,3-4,6-7H2,(H,26,27)(H,20,22,23). The maximum atomic E-state index is 12.7. The van der Waals surface area contributed by atoms with Crippen molar-refractivity contribution in [1.82, 2.24) is 10.2 Å². The molecule has 3 atom stereocenters. The Bertz CT molecular complexity index is 906. The summed E-state index contributed by atoms with van der Waals surface area (Å²) in [6.07, 6.45) is -0.464. The first kappa shape index (κ1) is 18.1. The highest BCUT2D eigenvalue weighted by Crippen LogP contribution is 2.30. The van der Waals surface area contributed by atoms with E-state index in [0.29, 0.717) is 18.7 Å². The molecule has 3 unspecified atom stereocenters. The van der Waals surface area contributed by atoms with Crippen LogP contribution in [0.4, 0.5) is 5.69 Å². The minimum atomic E-state index is -1.00. The van der Waals surface area contributed by atoms with E-state index in [9.17, 15) is 24.0 Å². The van der Waals surface area contributed by atoms with E-state index >= 15 is 0 Å². The minimum absolute atomic E-state index is 0.0648. The van der Waals surface area contributed by atoms with E-state index in [4.69, 9.17) is 9.84 Å². The van der Waals surface area contributed by atoms with E-state index in [2.05, 4.69) is 10.6 Å². The van der Waals surface area contributed by atoms with Gasteiger partial charge >= 0.3 is 5.97 Å². The first-order valence-electron chi connectivity index (χ1n) is 8.83. The SMILES string of the molecule is O=C1CCC(N2C(=O)c3ccc(NCC4CC(C(=O)O)O4)cc3C2=O)C(=O)N1. The van der Waals surface area contributed by atoms with E-state index in [0.717, 1.165) is 4.90 Å². The normalized spacial score (nSPS) is 26.6. The number of carbonyl (C=O) groups excluding carboxylic acids is 4. The number of piperidine rings is 1. The number of ether oxygens (including phenoxy) is 1. The molecule has 0 spiro atoms. The average Bonchev–Trinajstić information content (AvgIpc) is 2.84. The summed E-state index contributed by atoms with van der Waals surface area (Å²) in [7, 11) is 0. The molecule has 3 heterocycles. The van der Waals surface area contributed by atoms with Gasteiger partial charge in [0.1, 0.15) is 6.04 Å². The fourth-order valence-electron chi connectivity index (χ4n) is 3.56. The third kappa shape index (κ3) is 3.01. The molecule has 146 valence electrons. The van der Waals surface area contributed by atoms with Gasteiger partial charge in [-0.1, -0.05) is 0 Å². The van der Waals surface area contributed by atoms with Crippen molar-refractivity contribution in [3.8, 4) is 0 Å². The highest BCUT2D eigenvalue weighted by Gasteiger charge is 2.44. The van der Waals surface area contributed by atoms with Gasteiger partial charge in [-0.05, 0) is 24.6 Å². The van der Waals surface area contributed by atoms with Crippen molar-refractivity contribution in [3.05, 3.63) is 29.3 Å². The number of hydrogen-bond acceptors (Lipinski definition) is 7. The monoisotopic (exact) mass is 387 g/mol. The first-order chi connectivity index (χ1) is 13.3. The molecule has 0 aliphatic carbocycles. The highest BCUT2D eigenvalue weighted by molar-refractivity contribution is 6.23. The lowest BCUT2D eigenvalue weighted by Crippen LogP contribution is -2.54. The Morgan fingerprint density at radius 3 is 2.61 bits per heavy atom. The molecule has 1 aromatic carbocycles. The lowest BCUT2D eigenvalue weighted by Gasteiger charge is -2.33. The van der Waals surface area contributed by atoms with Crippen LogP contribution in [0, 0.1) is 0 Å². The van der Waals surface area contributed by atoms with Crippen molar-refractivity contribution < 1.29 is 33.8 Å². The van der Waals surface area contributed by atoms with E-state index in [1.807, 2.05) is 0 Å². The number of anilines is 1. The summed E-state index contributed by atoms with van der Waals surface area (Å²) in [5, 5.41) is 14.0. The van der Waals surface area contributed by atoms with Gasteiger partial charge < -0.3 is 15.2 Å². The predicted molar refractivity (Wildman–Crippen MR) is 92.5 cm³/mol. The Labute approximate surface area is 158 Å². The van der Waals surface area contributed by atoms with Crippen LogP contribution in [0.15, 0.2) is 18.2 Å². The Morgan fingerprint density at radius 2 is 1.93 bits per heavy atom. The number of nitrogens with zero attached hydrogens (tertiary/aromatic N) is 1. The molecule has 3 aliphatic rings. The van der Waals surface area contributed by atoms with Crippen LogP contribution in [-0.2, 0) is 19.1 Å². The fourth-order valence-corrected chi connectivity index (χ4v) is 3.56. The molecule has 3 N–H and O–H groups in total. The molecule has 0 radical (unpaired) electrons. The van der Waals surface area contributed by atoms with Gasteiger partial charge in [-0.15, -0.1) is 0 Å². The van der Waals surface area contributed by atoms with Gasteiger partial charge in [0.05, 0.1) is 17.2 Å². The molecule has 1 aromatic rings. The largest absolute Gasteiger partial charge is 0.479 e. The second-order valence-electron chi connectivity index (χ2n) is 6.91. The number of aliphatic carboxylic acids is 1. The second kappa shape index (κ2) is 6.71. The Morgan fingerprint density at radius 1 is 1.21 bits per heavy atom. The summed E-state index contributed by atoms with van der Waals surface area (Å²) in [5.41, 5.74) is 0.955. The first-order valence-corrected chi connectivity index (χ1v) is 8.83. The summed E-state index contributed by atoms with van der Waals surface area (Å²) in [6, 6.07) is 3.66. The van der Waals surface area contributed by atoms with E-state index in [1.165, 1.54) is 12.1 Å². The zero-order chi connectivity index (χ0) is 20.0. The van der Waals surface area contributed by atoms with Crippen molar-refractivity contribution >= 4 is 35.3 Å². The summed E-state index contributed by atoms with van der Waals surface area (Å²) in [6.45, 7) is 0.363. The van der Waals surface area contributed by atoms with Gasteiger partial charge in [0.2, 0.25) is 11.8 Å². The zero-order valence-corrected chi connectivity index (χ0v) is 14.6. The highest BCUT2D eigenvalue weighted by atomic mass is 16.5. The number of benzene rings is 1. The van der Waals surface area contributed by atoms with Crippen molar-refractivity contribution in [1.29, 1.82) is 0 Å². The Kier molecular flexibility index (Phi) is 4.34. The van der Waals surface area contributed by atoms with Crippen molar-refractivity contribution in [3.63, 3.8) is 0 Å². The van der Waals surface area contributed by atoms with Crippen LogP contribution in [0.1, 0.15) is 40.0 Å². The van der Waals surface area contributed by atoms with E-state index < -0.39 is 41.7 Å². The molecule has 4 amide bonds. The van der Waals surface area contributed by atoms with Crippen molar-refractivity contribution in [2.45, 2.75) is 37.5 Å². The number of amides is 4. The summed E-state index contributed by atoms with van der Waals surface area (Å²) in [5.74, 6) is -3.21. The molecule has 10 heteroatoms. The molecule has 4 rings (SSSR count). The van der Waals surface area contributed by atoms with Gasteiger partial charge in [0, 0.05) is 25.1 Å². The van der Waals surface area contributed by atoms with Crippen LogP contribution in [0.3, 0.4) is 0 Å². The maximum absolute atomic E-state index is 12.7. The molecular formula is C18H17N3O7. The molecule has 0 aromatic heterocycles. The number of rotatable bonds is 5. The van der Waals surface area contributed by atoms with Gasteiger partial charge in [0.15, 0.2) is 6.10 Å². The molecule has 2 saturated heterocycles. The van der Waals surface area contributed by atoms with E-state index in [-0.39, 0.29) is 30.1 Å². The van der Waals surface area contributed by atoms with Gasteiger partial charge in [-0.3, -0.25) is 29.4 Å². The van der Waals surface area contributed by atoms with Crippen LogP contribution < -0.4 is 10.6 Å². The summed E-state index contributed by atoms with van der Waals surface area (Å²) < 4.78 is 5.21. The summed E-state index contributed by atoms with van der Waals surface area (Å²) in [4.78, 5) is 60.3. The second-order valence-corrected chi connectivity index (χ2v) is 6.91. The third-order valence-electron chi connectivity index (χ3n) is 5.08. The number of hydrogen-bond donors (Lipinski definition) is 3. The van der Waals surface area contributed by atoms with Crippen LogP contribution in [0.25, 0.3) is 0 Å². The molecule has 3 aliphatic heterocycles. The number of carbonyl (C=O) groups is 5. The van der Waals surface area contributed by atoms with Crippen molar-refractivity contribution in [2.24, 2.45) is 0 Å². The molecule has 0 saturated carbocycles. The number of nitrogens with one attached hydrogen (secondary N) is 2. The van der Waals surface area contributed by atoms with Gasteiger partial charge in [-0.2, -0.15) is 0 Å². The zero-order valence-electron chi connectivity index (χ0n) is 14.6. The van der Waals surface area contributed by atoms with Crippen LogP contribution in [-0.4, -0.2) is 64.4 Å². The molecular weight excluding hydrogens is 370 g/mol. The lowest BCUT2D eigenvalue weighted by atomic mass is 10.0. The Hall–Kier alpha value is -3.27. The van der Waals surface area contributed by atoms with Gasteiger partial charge in [0.25, 0.3) is 11.8 Å². The van der Waals surface area contributed by atoms with Crippen LogP contribution in [0.5, 0.6) is 0 Å². The molecule has 10 nitrogen and oxygen atoms in total. The maximum Gasteiger partial charge on any atom is 0.332 e. The van der Waals surface area contributed by atoms with Crippen molar-refractivity contribution in [2.75, 3.05) is 11.9 Å². The summed E-state index contributed by atoms with van der Waals surface area (Å²) >= 11 is 0. The van der Waals surface area contributed by atoms with Gasteiger partial charge in [-0.25, -0.2) is 4.79 Å². The minimum Gasteiger partial charge on any atom is -0.479 e. The fraction of sp³-hybridized carbons (Fsp3) is 0.389. The molecule has 2 fully saturated rings.